The summed E-state index contributed by atoms with van der Waals surface area (Å²) < 4.78 is 23.4. The third-order valence-electron chi connectivity index (χ3n) is 4.89. The van der Waals surface area contributed by atoms with Crippen LogP contribution in [0.25, 0.3) is 0 Å². The second kappa shape index (κ2) is 8.83. The van der Waals surface area contributed by atoms with E-state index in [-0.39, 0.29) is 23.5 Å². The number of hydrogen-bond donors (Lipinski definition) is 0. The molecule has 2 rings (SSSR count). The number of hydrogen-bond acceptors (Lipinski definition) is 4. The van der Waals surface area contributed by atoms with Crippen molar-refractivity contribution in [1.82, 2.24) is 9.80 Å². The lowest BCUT2D eigenvalue weighted by atomic mass is 10.1. The summed E-state index contributed by atoms with van der Waals surface area (Å²) in [5, 5.41) is 0. The van der Waals surface area contributed by atoms with Crippen LogP contribution in [0.2, 0.25) is 0 Å². The van der Waals surface area contributed by atoms with Gasteiger partial charge in [-0.25, -0.2) is 8.42 Å². The van der Waals surface area contributed by atoms with Crippen LogP contribution in [-0.4, -0.2) is 67.9 Å². The number of nitrogens with zero attached hydrogens (tertiary/aromatic N) is 2. The first kappa shape index (κ1) is 18.5. The van der Waals surface area contributed by atoms with E-state index in [1.807, 2.05) is 0 Å². The Morgan fingerprint density at radius 3 is 2.39 bits per heavy atom. The Hall–Kier alpha value is -0.880. The molecule has 0 spiro atoms. The highest BCUT2D eigenvalue weighted by Crippen LogP contribution is 2.19. The van der Waals surface area contributed by atoms with Gasteiger partial charge in [-0.2, -0.15) is 0 Å². The fraction of sp³-hybridized carbons (Fsp3) is 0.824. The minimum absolute atomic E-state index is 0.0639. The molecule has 0 aliphatic carbocycles. The van der Waals surface area contributed by atoms with E-state index in [4.69, 9.17) is 0 Å². The van der Waals surface area contributed by atoms with Gasteiger partial charge in [-0.3, -0.25) is 4.79 Å². The van der Waals surface area contributed by atoms with Gasteiger partial charge in [0.15, 0.2) is 9.84 Å². The topological polar surface area (TPSA) is 57.7 Å². The SMILES string of the molecule is C=CCN(C(=O)CCN1CCCCCCC1)[C@@H]1CCS(=O)(=O)C1. The third kappa shape index (κ3) is 5.92. The third-order valence-corrected chi connectivity index (χ3v) is 6.64. The van der Waals surface area contributed by atoms with Gasteiger partial charge < -0.3 is 9.80 Å². The molecule has 1 atom stereocenters. The highest BCUT2D eigenvalue weighted by atomic mass is 32.2. The highest BCUT2D eigenvalue weighted by molar-refractivity contribution is 7.91. The summed E-state index contributed by atoms with van der Waals surface area (Å²) in [7, 11) is -2.98. The Labute approximate surface area is 140 Å². The molecular weight excluding hydrogens is 312 g/mol. The molecule has 6 heteroatoms. The first-order valence-electron chi connectivity index (χ1n) is 8.85. The number of amides is 1. The Morgan fingerprint density at radius 1 is 1.17 bits per heavy atom. The summed E-state index contributed by atoms with van der Waals surface area (Å²) >= 11 is 0. The fourth-order valence-corrected chi connectivity index (χ4v) is 5.28. The molecule has 0 N–H and O–H groups in total. The van der Waals surface area contributed by atoms with Gasteiger partial charge in [-0.15, -0.1) is 6.58 Å². The standard InChI is InChI=1S/C17H30N2O3S/c1-2-10-19(16-9-14-23(21,22)15-16)17(20)8-13-18-11-6-4-3-5-7-12-18/h2,16H,1,3-15H2/t16-/m1/s1. The number of rotatable bonds is 6. The molecule has 2 heterocycles. The van der Waals surface area contributed by atoms with Gasteiger partial charge in [0.25, 0.3) is 0 Å². The van der Waals surface area contributed by atoms with Crippen LogP contribution in [0.15, 0.2) is 12.7 Å². The molecule has 0 bridgehead atoms. The van der Waals surface area contributed by atoms with E-state index < -0.39 is 9.84 Å². The van der Waals surface area contributed by atoms with Crippen LogP contribution >= 0.6 is 0 Å². The van der Waals surface area contributed by atoms with E-state index in [0.29, 0.717) is 19.4 Å². The van der Waals surface area contributed by atoms with Crippen molar-refractivity contribution in [1.29, 1.82) is 0 Å². The van der Waals surface area contributed by atoms with Crippen LogP contribution in [-0.2, 0) is 14.6 Å². The smallest absolute Gasteiger partial charge is 0.224 e. The van der Waals surface area contributed by atoms with Crippen molar-refractivity contribution >= 4 is 15.7 Å². The van der Waals surface area contributed by atoms with Crippen LogP contribution in [0, 0.1) is 0 Å². The van der Waals surface area contributed by atoms with Gasteiger partial charge in [-0.05, 0) is 32.4 Å². The van der Waals surface area contributed by atoms with E-state index >= 15 is 0 Å². The Balaban J connectivity index is 1.86. The second-order valence-corrected chi connectivity index (χ2v) is 8.98. The molecule has 23 heavy (non-hydrogen) atoms. The van der Waals surface area contributed by atoms with E-state index in [9.17, 15) is 13.2 Å². The molecule has 2 fully saturated rings. The average molecular weight is 343 g/mol. The molecule has 2 saturated heterocycles. The van der Waals surface area contributed by atoms with Crippen LogP contribution in [0.1, 0.15) is 44.9 Å². The maximum Gasteiger partial charge on any atom is 0.224 e. The molecule has 0 aromatic heterocycles. The molecule has 2 aliphatic heterocycles. The molecule has 1 amide bonds. The molecule has 132 valence electrons. The van der Waals surface area contributed by atoms with Crippen molar-refractivity contribution in [3.8, 4) is 0 Å². The summed E-state index contributed by atoms with van der Waals surface area (Å²) in [6.07, 6.45) is 9.06. The Bertz CT molecular complexity index is 496. The van der Waals surface area contributed by atoms with E-state index in [2.05, 4.69) is 11.5 Å². The van der Waals surface area contributed by atoms with Gasteiger partial charge in [0, 0.05) is 25.6 Å². The normalized spacial score (nSPS) is 25.5. The van der Waals surface area contributed by atoms with E-state index in [0.717, 1.165) is 19.6 Å². The van der Waals surface area contributed by atoms with Crippen LogP contribution in [0.3, 0.4) is 0 Å². The predicted molar refractivity (Wildman–Crippen MR) is 93.1 cm³/mol. The van der Waals surface area contributed by atoms with Crippen molar-refractivity contribution in [2.45, 2.75) is 51.0 Å². The van der Waals surface area contributed by atoms with Crippen molar-refractivity contribution in [3.05, 3.63) is 12.7 Å². The van der Waals surface area contributed by atoms with Crippen LogP contribution in [0.4, 0.5) is 0 Å². The molecular formula is C17H30N2O3S. The zero-order chi connectivity index (χ0) is 16.7. The zero-order valence-electron chi connectivity index (χ0n) is 14.1. The molecule has 0 aromatic carbocycles. The Kier molecular flexibility index (Phi) is 7.09. The minimum Gasteiger partial charge on any atom is -0.335 e. The number of likely N-dealkylation sites (tertiary alicyclic amines) is 1. The van der Waals surface area contributed by atoms with Crippen molar-refractivity contribution in [2.75, 3.05) is 37.7 Å². The lowest BCUT2D eigenvalue weighted by Crippen LogP contribution is -2.42. The summed E-state index contributed by atoms with van der Waals surface area (Å²) in [4.78, 5) is 16.7. The zero-order valence-corrected chi connectivity index (χ0v) is 14.9. The monoisotopic (exact) mass is 342 g/mol. The van der Waals surface area contributed by atoms with Crippen LogP contribution < -0.4 is 0 Å². The lowest BCUT2D eigenvalue weighted by Gasteiger charge is -2.29. The van der Waals surface area contributed by atoms with Crippen molar-refractivity contribution in [3.63, 3.8) is 0 Å². The molecule has 0 unspecified atom stereocenters. The maximum atomic E-state index is 12.6. The van der Waals surface area contributed by atoms with Crippen molar-refractivity contribution < 1.29 is 13.2 Å². The van der Waals surface area contributed by atoms with Gasteiger partial charge in [0.05, 0.1) is 11.5 Å². The molecule has 0 radical (unpaired) electrons. The maximum absolute atomic E-state index is 12.6. The summed E-state index contributed by atoms with van der Waals surface area (Å²) in [5.41, 5.74) is 0. The van der Waals surface area contributed by atoms with Gasteiger partial charge in [0.1, 0.15) is 0 Å². The van der Waals surface area contributed by atoms with Gasteiger partial charge in [0.2, 0.25) is 5.91 Å². The molecule has 0 saturated carbocycles. The quantitative estimate of drug-likeness (QED) is 0.691. The molecule has 0 aromatic rings. The van der Waals surface area contributed by atoms with E-state index in [1.54, 1.807) is 11.0 Å². The summed E-state index contributed by atoms with van der Waals surface area (Å²) in [6.45, 7) is 7.09. The molecule has 5 nitrogen and oxygen atoms in total. The highest BCUT2D eigenvalue weighted by Gasteiger charge is 2.33. The van der Waals surface area contributed by atoms with E-state index in [1.165, 1.54) is 32.1 Å². The minimum atomic E-state index is -2.98. The number of carbonyl (C=O) groups is 1. The Morgan fingerprint density at radius 2 is 1.83 bits per heavy atom. The predicted octanol–water partition coefficient (Wildman–Crippen LogP) is 1.84. The van der Waals surface area contributed by atoms with Gasteiger partial charge in [-0.1, -0.05) is 25.3 Å². The first-order valence-corrected chi connectivity index (χ1v) is 10.7. The number of sulfone groups is 1. The van der Waals surface area contributed by atoms with Gasteiger partial charge >= 0.3 is 0 Å². The average Bonchev–Trinajstić information content (AvgIpc) is 2.83. The summed E-state index contributed by atoms with van der Waals surface area (Å²) in [5.74, 6) is 0.371. The largest absolute Gasteiger partial charge is 0.335 e. The first-order chi connectivity index (χ1) is 11.0. The van der Waals surface area contributed by atoms with Crippen molar-refractivity contribution in [2.24, 2.45) is 0 Å². The second-order valence-electron chi connectivity index (χ2n) is 6.75. The number of carbonyl (C=O) groups excluding carboxylic acids is 1. The lowest BCUT2D eigenvalue weighted by molar-refractivity contribution is -0.132. The van der Waals surface area contributed by atoms with Crippen LogP contribution in [0.5, 0.6) is 0 Å². The fourth-order valence-electron chi connectivity index (χ4n) is 3.55. The summed E-state index contributed by atoms with van der Waals surface area (Å²) in [6, 6.07) is -0.169. The molecule has 2 aliphatic rings.